The summed E-state index contributed by atoms with van der Waals surface area (Å²) in [6.45, 7) is 0. The number of benzene rings is 4. The van der Waals surface area contributed by atoms with Crippen LogP contribution in [0.4, 0.5) is 11.4 Å². The van der Waals surface area contributed by atoms with Crippen molar-refractivity contribution < 1.29 is 13.2 Å². The second-order valence-corrected chi connectivity index (χ2v) is 10.9. The van der Waals surface area contributed by atoms with E-state index in [-0.39, 0.29) is 10.8 Å². The van der Waals surface area contributed by atoms with Crippen LogP contribution in [0, 0.1) is 0 Å². The van der Waals surface area contributed by atoms with Gasteiger partial charge in [-0.1, -0.05) is 42.5 Å². The van der Waals surface area contributed by atoms with Gasteiger partial charge in [0, 0.05) is 23.9 Å². The van der Waals surface area contributed by atoms with Crippen LogP contribution in [0.15, 0.2) is 108 Å². The summed E-state index contributed by atoms with van der Waals surface area (Å²) in [6.07, 6.45) is 0. The van der Waals surface area contributed by atoms with Gasteiger partial charge in [-0.2, -0.15) is 0 Å². The number of amides is 1. The molecule has 0 aliphatic heterocycles. The van der Waals surface area contributed by atoms with E-state index in [4.69, 9.17) is 0 Å². The van der Waals surface area contributed by atoms with Crippen LogP contribution in [0.1, 0.15) is 10.4 Å². The smallest absolute Gasteiger partial charge is 0.264 e. The fourth-order valence-corrected chi connectivity index (χ4v) is 5.80. The number of hydrogen-bond donors (Lipinski definition) is 1. The van der Waals surface area contributed by atoms with Crippen LogP contribution in [0.25, 0.3) is 20.8 Å². The van der Waals surface area contributed by atoms with Gasteiger partial charge in [0.15, 0.2) is 0 Å². The molecule has 0 radical (unpaired) electrons. The summed E-state index contributed by atoms with van der Waals surface area (Å²) in [4.78, 5) is 17.6. The van der Waals surface area contributed by atoms with E-state index in [9.17, 15) is 13.2 Å². The Balaban J connectivity index is 1.33. The second kappa shape index (κ2) is 9.32. The Morgan fingerprint density at radius 1 is 0.857 bits per heavy atom. The first-order valence-electron chi connectivity index (χ1n) is 10.8. The van der Waals surface area contributed by atoms with Gasteiger partial charge in [0.2, 0.25) is 0 Å². The quantitative estimate of drug-likeness (QED) is 0.309. The molecule has 35 heavy (non-hydrogen) atoms. The number of nitrogens with one attached hydrogen (secondary N) is 1. The van der Waals surface area contributed by atoms with Crippen LogP contribution in [0.3, 0.4) is 0 Å². The summed E-state index contributed by atoms with van der Waals surface area (Å²) in [5, 5.41) is 3.76. The molecule has 5 aromatic rings. The monoisotopic (exact) mass is 499 g/mol. The number of aromatic nitrogens is 1. The SMILES string of the molecule is CN(c1ccccc1)S(=O)(=O)c1ccc(C(=O)Nc2cccc(-c3nc4ccccc4s3)c2)cc1. The van der Waals surface area contributed by atoms with Crippen molar-refractivity contribution in [1.29, 1.82) is 0 Å². The van der Waals surface area contributed by atoms with Crippen molar-refractivity contribution in [3.8, 4) is 10.6 Å². The van der Waals surface area contributed by atoms with Crippen molar-refractivity contribution in [2.24, 2.45) is 0 Å². The summed E-state index contributed by atoms with van der Waals surface area (Å²) in [6, 6.07) is 30.2. The van der Waals surface area contributed by atoms with Crippen LogP contribution in [-0.4, -0.2) is 26.4 Å². The van der Waals surface area contributed by atoms with E-state index >= 15 is 0 Å². The lowest BCUT2D eigenvalue weighted by Gasteiger charge is -2.19. The number of para-hydroxylation sites is 2. The van der Waals surface area contributed by atoms with Gasteiger partial charge in [-0.25, -0.2) is 13.4 Å². The number of fused-ring (bicyclic) bond motifs is 1. The number of rotatable bonds is 6. The molecule has 1 aromatic heterocycles. The third kappa shape index (κ3) is 4.66. The Morgan fingerprint density at radius 2 is 1.57 bits per heavy atom. The van der Waals surface area contributed by atoms with E-state index in [1.165, 1.54) is 35.6 Å². The summed E-state index contributed by atoms with van der Waals surface area (Å²) in [5.74, 6) is -0.327. The summed E-state index contributed by atoms with van der Waals surface area (Å²) < 4.78 is 28.2. The topological polar surface area (TPSA) is 79.4 Å². The fraction of sp³-hybridized carbons (Fsp3) is 0.0370. The molecule has 0 fully saturated rings. The highest BCUT2D eigenvalue weighted by Gasteiger charge is 2.21. The zero-order chi connectivity index (χ0) is 24.4. The average molecular weight is 500 g/mol. The number of hydrogen-bond acceptors (Lipinski definition) is 5. The van der Waals surface area contributed by atoms with Gasteiger partial charge in [-0.15, -0.1) is 11.3 Å². The molecule has 0 atom stereocenters. The highest BCUT2D eigenvalue weighted by atomic mass is 32.2. The zero-order valence-electron chi connectivity index (χ0n) is 18.8. The zero-order valence-corrected chi connectivity index (χ0v) is 20.4. The van der Waals surface area contributed by atoms with Gasteiger partial charge in [0.1, 0.15) is 5.01 Å². The summed E-state index contributed by atoms with van der Waals surface area (Å²) >= 11 is 1.59. The number of anilines is 2. The lowest BCUT2D eigenvalue weighted by atomic mass is 10.2. The van der Waals surface area contributed by atoms with Gasteiger partial charge < -0.3 is 5.32 Å². The molecule has 6 nitrogen and oxygen atoms in total. The Kier molecular flexibility index (Phi) is 6.07. The molecule has 174 valence electrons. The molecular formula is C27H21N3O3S2. The maximum Gasteiger partial charge on any atom is 0.264 e. The van der Waals surface area contributed by atoms with Crippen LogP contribution in [-0.2, 0) is 10.0 Å². The Labute approximate surface area is 207 Å². The number of thiazole rings is 1. The molecular weight excluding hydrogens is 478 g/mol. The molecule has 0 spiro atoms. The lowest BCUT2D eigenvalue weighted by Crippen LogP contribution is -2.26. The number of carbonyl (C=O) groups excluding carboxylic acids is 1. The summed E-state index contributed by atoms with van der Waals surface area (Å²) in [5.41, 5.74) is 3.40. The van der Waals surface area contributed by atoms with Crippen molar-refractivity contribution in [2.45, 2.75) is 4.90 Å². The first-order valence-corrected chi connectivity index (χ1v) is 13.1. The van der Waals surface area contributed by atoms with Crippen molar-refractivity contribution in [3.63, 3.8) is 0 Å². The average Bonchev–Trinajstić information content (AvgIpc) is 3.33. The van der Waals surface area contributed by atoms with Gasteiger partial charge in [-0.05, 0) is 60.7 Å². The molecule has 0 unspecified atom stereocenters. The number of nitrogens with zero attached hydrogens (tertiary/aromatic N) is 2. The molecule has 0 aliphatic carbocycles. The van der Waals surface area contributed by atoms with E-state index in [1.807, 2.05) is 54.6 Å². The molecule has 1 amide bonds. The van der Waals surface area contributed by atoms with Crippen molar-refractivity contribution >= 4 is 48.9 Å². The van der Waals surface area contributed by atoms with E-state index in [1.54, 1.807) is 35.6 Å². The number of sulfonamides is 1. The maximum absolute atomic E-state index is 13.0. The first-order chi connectivity index (χ1) is 16.9. The predicted molar refractivity (Wildman–Crippen MR) is 141 cm³/mol. The van der Waals surface area contributed by atoms with Gasteiger partial charge in [-0.3, -0.25) is 9.10 Å². The molecule has 0 aliphatic rings. The van der Waals surface area contributed by atoms with Crippen molar-refractivity contribution in [1.82, 2.24) is 4.98 Å². The van der Waals surface area contributed by atoms with Crippen LogP contribution in [0.2, 0.25) is 0 Å². The van der Waals surface area contributed by atoms with Crippen molar-refractivity contribution in [2.75, 3.05) is 16.7 Å². The maximum atomic E-state index is 13.0. The molecule has 5 rings (SSSR count). The lowest BCUT2D eigenvalue weighted by molar-refractivity contribution is 0.102. The normalized spacial score (nSPS) is 11.3. The second-order valence-electron chi connectivity index (χ2n) is 7.85. The Bertz CT molecular complexity index is 1580. The van der Waals surface area contributed by atoms with Gasteiger partial charge in [0.05, 0.1) is 20.8 Å². The minimum atomic E-state index is -3.75. The van der Waals surface area contributed by atoms with E-state index in [2.05, 4.69) is 10.3 Å². The van der Waals surface area contributed by atoms with Gasteiger partial charge in [0.25, 0.3) is 15.9 Å². The highest BCUT2D eigenvalue weighted by Crippen LogP contribution is 2.31. The third-order valence-electron chi connectivity index (χ3n) is 5.56. The molecule has 0 saturated carbocycles. The third-order valence-corrected chi connectivity index (χ3v) is 8.44. The fourth-order valence-electron chi connectivity index (χ4n) is 3.64. The largest absolute Gasteiger partial charge is 0.322 e. The standard InChI is InChI=1S/C27H21N3O3S2/c1-30(22-10-3-2-4-11-22)35(32,33)23-16-14-19(15-17-23)26(31)28-21-9-7-8-20(18-21)27-29-24-12-5-6-13-25(24)34-27/h2-18H,1H3,(H,28,31). The molecule has 0 saturated heterocycles. The molecule has 0 bridgehead atoms. The minimum Gasteiger partial charge on any atom is -0.322 e. The molecule has 1 heterocycles. The molecule has 4 aromatic carbocycles. The predicted octanol–water partition coefficient (Wildman–Crippen LogP) is 6.04. The Morgan fingerprint density at radius 3 is 2.31 bits per heavy atom. The van der Waals surface area contributed by atoms with Gasteiger partial charge >= 0.3 is 0 Å². The summed E-state index contributed by atoms with van der Waals surface area (Å²) in [7, 11) is -2.24. The van der Waals surface area contributed by atoms with E-state index in [0.717, 1.165) is 20.8 Å². The highest BCUT2D eigenvalue weighted by molar-refractivity contribution is 7.92. The molecule has 1 N–H and O–H groups in total. The first kappa shape index (κ1) is 22.8. The van der Waals surface area contributed by atoms with Crippen molar-refractivity contribution in [3.05, 3.63) is 109 Å². The molecule has 8 heteroatoms. The van der Waals surface area contributed by atoms with Crippen LogP contribution in [0.5, 0.6) is 0 Å². The van der Waals surface area contributed by atoms with E-state index in [0.29, 0.717) is 16.9 Å². The van der Waals surface area contributed by atoms with E-state index < -0.39 is 10.0 Å². The number of carbonyl (C=O) groups is 1. The minimum absolute atomic E-state index is 0.109. The Hall–Kier alpha value is -4.01. The van der Waals surface area contributed by atoms with Crippen LogP contribution < -0.4 is 9.62 Å². The van der Waals surface area contributed by atoms with Crippen LogP contribution >= 0.6 is 11.3 Å².